The number of benzene rings is 1. The van der Waals surface area contributed by atoms with Crippen molar-refractivity contribution in [1.29, 1.82) is 0 Å². The average molecular weight is 298 g/mol. The van der Waals surface area contributed by atoms with Gasteiger partial charge in [0.2, 0.25) is 5.91 Å². The van der Waals surface area contributed by atoms with Crippen molar-refractivity contribution in [3.8, 4) is 5.69 Å². The number of aliphatic hydroxyl groups excluding tert-OH is 1. The molecule has 3 rings (SSSR count). The van der Waals surface area contributed by atoms with Crippen LogP contribution in [0.15, 0.2) is 36.5 Å². The lowest BCUT2D eigenvalue weighted by Gasteiger charge is -2.26. The monoisotopic (exact) mass is 298 g/mol. The minimum atomic E-state index is -0.739. The molecule has 3 N–H and O–H groups in total. The van der Waals surface area contributed by atoms with E-state index in [1.54, 1.807) is 0 Å². The van der Waals surface area contributed by atoms with Gasteiger partial charge in [0.15, 0.2) is 0 Å². The molecule has 116 valence electrons. The summed E-state index contributed by atoms with van der Waals surface area (Å²) in [7, 11) is 0. The number of aromatic nitrogens is 1. The van der Waals surface area contributed by atoms with Gasteiger partial charge in [0.25, 0.3) is 0 Å². The first-order valence-corrected chi connectivity index (χ1v) is 7.52. The van der Waals surface area contributed by atoms with Gasteiger partial charge in [-0.15, -0.1) is 0 Å². The number of fused-ring (bicyclic) bond motifs is 1. The summed E-state index contributed by atoms with van der Waals surface area (Å²) in [4.78, 5) is 12.1. The topological polar surface area (TPSA) is 68.2 Å². The van der Waals surface area contributed by atoms with Crippen molar-refractivity contribution in [1.82, 2.24) is 4.57 Å². The predicted molar refractivity (Wildman–Crippen MR) is 85.9 cm³/mol. The Morgan fingerprint density at radius 1 is 1.27 bits per heavy atom. The predicted octanol–water partition coefficient (Wildman–Crippen LogP) is 2.39. The van der Waals surface area contributed by atoms with E-state index in [0.29, 0.717) is 6.42 Å². The van der Waals surface area contributed by atoms with Crippen LogP contribution in [0.4, 0.5) is 0 Å². The number of nitrogens with zero attached hydrogens (tertiary/aromatic N) is 1. The summed E-state index contributed by atoms with van der Waals surface area (Å²) in [5.41, 5.74) is 8.55. The van der Waals surface area contributed by atoms with Crippen LogP contribution >= 0.6 is 0 Å². The maximum absolute atomic E-state index is 12.1. The van der Waals surface area contributed by atoms with E-state index in [0.717, 1.165) is 22.5 Å². The maximum atomic E-state index is 12.1. The molecule has 1 aromatic heterocycles. The zero-order valence-corrected chi connectivity index (χ0v) is 13.3. The molecule has 0 aliphatic heterocycles. The van der Waals surface area contributed by atoms with Crippen LogP contribution in [-0.2, 0) is 22.2 Å². The quantitative estimate of drug-likeness (QED) is 0.913. The third-order valence-corrected chi connectivity index (χ3v) is 4.91. The third-order valence-electron chi connectivity index (χ3n) is 4.91. The normalized spacial score (nSPS) is 22.5. The van der Waals surface area contributed by atoms with Crippen molar-refractivity contribution in [2.24, 2.45) is 5.73 Å². The number of nitrogens with two attached hydrogens (primary N) is 1. The summed E-state index contributed by atoms with van der Waals surface area (Å²) in [5, 5.41) is 9.94. The first-order chi connectivity index (χ1) is 10.3. The molecule has 0 saturated heterocycles. The summed E-state index contributed by atoms with van der Waals surface area (Å²) in [6.45, 7) is 6.01. The molecule has 4 nitrogen and oxygen atoms in total. The largest absolute Gasteiger partial charge is 0.390 e. The summed E-state index contributed by atoms with van der Waals surface area (Å²) in [5.74, 6) is -0.333. The van der Waals surface area contributed by atoms with Gasteiger partial charge in [0.05, 0.1) is 17.7 Å². The summed E-state index contributed by atoms with van der Waals surface area (Å²) >= 11 is 0. The Bertz CT molecular complexity index is 731. The zero-order chi connectivity index (χ0) is 16.1. The number of amides is 1. The zero-order valence-electron chi connectivity index (χ0n) is 13.3. The van der Waals surface area contributed by atoms with E-state index in [9.17, 15) is 9.90 Å². The van der Waals surface area contributed by atoms with Crippen LogP contribution in [0.1, 0.15) is 44.0 Å². The molecule has 0 bridgehead atoms. The van der Waals surface area contributed by atoms with Gasteiger partial charge < -0.3 is 15.4 Å². The molecule has 1 aliphatic rings. The van der Waals surface area contributed by atoms with E-state index in [1.165, 1.54) is 0 Å². The standard InChI is InChI=1S/C18H22N2O2/c1-17(2)11-18(3,16(19)22)15-13(17)9-20(14(15)10-21)12-7-5-4-6-8-12/h4-9,21H,10-11H2,1-3H3,(H2,19,22). The second-order valence-electron chi connectivity index (χ2n) is 6.99. The van der Waals surface area contributed by atoms with Crippen LogP contribution in [-0.4, -0.2) is 15.6 Å². The number of rotatable bonds is 3. The third kappa shape index (κ3) is 1.91. The number of aliphatic hydroxyl groups is 1. The van der Waals surface area contributed by atoms with E-state index in [1.807, 2.05) is 48.0 Å². The molecule has 4 heteroatoms. The van der Waals surface area contributed by atoms with Gasteiger partial charge in [0, 0.05) is 11.9 Å². The second kappa shape index (κ2) is 4.71. The molecular formula is C18H22N2O2. The Morgan fingerprint density at radius 2 is 1.91 bits per heavy atom. The molecule has 1 atom stereocenters. The van der Waals surface area contributed by atoms with E-state index in [2.05, 4.69) is 13.8 Å². The molecule has 1 unspecified atom stereocenters. The second-order valence-corrected chi connectivity index (χ2v) is 6.99. The van der Waals surface area contributed by atoms with Crippen LogP contribution in [0.3, 0.4) is 0 Å². The van der Waals surface area contributed by atoms with Crippen LogP contribution in [0, 0.1) is 0 Å². The van der Waals surface area contributed by atoms with Crippen LogP contribution in [0.5, 0.6) is 0 Å². The molecule has 2 aromatic rings. The van der Waals surface area contributed by atoms with Crippen molar-refractivity contribution < 1.29 is 9.90 Å². The number of hydrogen-bond acceptors (Lipinski definition) is 2. The Balaban J connectivity index is 2.30. The summed E-state index contributed by atoms with van der Waals surface area (Å²) in [6, 6.07) is 9.85. The van der Waals surface area contributed by atoms with Gasteiger partial charge in [-0.25, -0.2) is 0 Å². The first-order valence-electron chi connectivity index (χ1n) is 7.52. The molecule has 1 heterocycles. The van der Waals surface area contributed by atoms with Crippen LogP contribution in [0.25, 0.3) is 5.69 Å². The minimum absolute atomic E-state index is 0.122. The Hall–Kier alpha value is -2.07. The molecule has 0 radical (unpaired) electrons. The number of carbonyl (C=O) groups is 1. The van der Waals surface area contributed by atoms with Gasteiger partial charge in [-0.05, 0) is 42.0 Å². The number of primary amides is 1. The fourth-order valence-corrected chi connectivity index (χ4v) is 3.93. The highest BCUT2D eigenvalue weighted by Crippen LogP contribution is 2.52. The smallest absolute Gasteiger partial charge is 0.227 e. The van der Waals surface area contributed by atoms with Gasteiger partial charge in [0.1, 0.15) is 0 Å². The molecule has 0 fully saturated rings. The fraction of sp³-hybridized carbons (Fsp3) is 0.389. The van der Waals surface area contributed by atoms with E-state index in [-0.39, 0.29) is 17.9 Å². The molecule has 0 saturated carbocycles. The average Bonchev–Trinajstić information content (AvgIpc) is 2.96. The summed E-state index contributed by atoms with van der Waals surface area (Å²) in [6.07, 6.45) is 2.72. The lowest BCUT2D eigenvalue weighted by molar-refractivity contribution is -0.123. The minimum Gasteiger partial charge on any atom is -0.390 e. The van der Waals surface area contributed by atoms with Gasteiger partial charge >= 0.3 is 0 Å². The van der Waals surface area contributed by atoms with Gasteiger partial charge in [-0.3, -0.25) is 4.79 Å². The maximum Gasteiger partial charge on any atom is 0.227 e. The lowest BCUT2D eigenvalue weighted by Crippen LogP contribution is -2.38. The van der Waals surface area contributed by atoms with Crippen LogP contribution in [0.2, 0.25) is 0 Å². The highest BCUT2D eigenvalue weighted by molar-refractivity contribution is 5.89. The molecule has 0 spiro atoms. The SMILES string of the molecule is CC1(C)CC(C)(C(N)=O)c2c1cn(-c1ccccc1)c2CO. The number of hydrogen-bond donors (Lipinski definition) is 2. The van der Waals surface area contributed by atoms with E-state index >= 15 is 0 Å². The lowest BCUT2D eigenvalue weighted by atomic mass is 9.79. The van der Waals surface area contributed by atoms with E-state index < -0.39 is 5.41 Å². The Kier molecular flexibility index (Phi) is 3.18. The molecule has 1 amide bonds. The number of para-hydroxylation sites is 1. The Labute approximate surface area is 130 Å². The molecule has 1 aliphatic carbocycles. The van der Waals surface area contributed by atoms with Crippen molar-refractivity contribution in [2.75, 3.05) is 0 Å². The van der Waals surface area contributed by atoms with Gasteiger partial charge in [-0.2, -0.15) is 0 Å². The van der Waals surface area contributed by atoms with Crippen LogP contribution < -0.4 is 5.73 Å². The Morgan fingerprint density at radius 3 is 2.45 bits per heavy atom. The summed E-state index contributed by atoms with van der Waals surface area (Å²) < 4.78 is 1.98. The van der Waals surface area contributed by atoms with E-state index in [4.69, 9.17) is 5.73 Å². The number of carbonyl (C=O) groups excluding carboxylic acids is 1. The van der Waals surface area contributed by atoms with Gasteiger partial charge in [-0.1, -0.05) is 32.0 Å². The van der Waals surface area contributed by atoms with Crippen molar-refractivity contribution >= 4 is 5.91 Å². The molecule has 1 aromatic carbocycles. The van der Waals surface area contributed by atoms with Crippen molar-refractivity contribution in [3.05, 3.63) is 53.3 Å². The molecular weight excluding hydrogens is 276 g/mol. The molecule has 22 heavy (non-hydrogen) atoms. The van der Waals surface area contributed by atoms with Crippen molar-refractivity contribution in [3.63, 3.8) is 0 Å². The van der Waals surface area contributed by atoms with Crippen molar-refractivity contribution in [2.45, 2.75) is 44.6 Å². The highest BCUT2D eigenvalue weighted by atomic mass is 16.3. The fourth-order valence-electron chi connectivity index (χ4n) is 3.93. The first kappa shape index (κ1) is 14.9. The highest BCUT2D eigenvalue weighted by Gasteiger charge is 2.51.